The van der Waals surface area contributed by atoms with Crippen molar-refractivity contribution < 1.29 is 9.59 Å². The zero-order valence-electron chi connectivity index (χ0n) is 16.8. The van der Waals surface area contributed by atoms with Gasteiger partial charge in [-0.3, -0.25) is 9.59 Å². The molecule has 0 atom stereocenters. The fourth-order valence-corrected chi connectivity index (χ4v) is 3.55. The Balaban J connectivity index is 1.67. The third-order valence-electron chi connectivity index (χ3n) is 5.13. The molecule has 1 saturated heterocycles. The zero-order chi connectivity index (χ0) is 20.1. The first-order chi connectivity index (χ1) is 13.5. The van der Waals surface area contributed by atoms with Crippen LogP contribution in [0, 0.1) is 0 Å². The van der Waals surface area contributed by atoms with Gasteiger partial charge in [-0.15, -0.1) is 0 Å². The minimum atomic E-state index is -0.117. The molecule has 6 heteroatoms. The number of para-hydroxylation sites is 1. The van der Waals surface area contributed by atoms with Gasteiger partial charge in [0.1, 0.15) is 12.4 Å². The third kappa shape index (κ3) is 4.50. The highest BCUT2D eigenvalue weighted by Gasteiger charge is 2.26. The van der Waals surface area contributed by atoms with E-state index in [-0.39, 0.29) is 24.3 Å². The van der Waals surface area contributed by atoms with E-state index in [1.165, 1.54) is 6.92 Å². The molecule has 0 unspecified atom stereocenters. The Morgan fingerprint density at radius 1 is 1.04 bits per heavy atom. The summed E-state index contributed by atoms with van der Waals surface area (Å²) < 4.78 is 0. The lowest BCUT2D eigenvalue weighted by Gasteiger charge is -2.36. The molecular formula is C22H28N4O2. The number of aromatic nitrogens is 1. The van der Waals surface area contributed by atoms with Gasteiger partial charge in [0.05, 0.1) is 0 Å². The average Bonchev–Trinajstić information content (AvgIpc) is 2.72. The van der Waals surface area contributed by atoms with Gasteiger partial charge >= 0.3 is 0 Å². The number of carbonyl (C=O) groups excluding carboxylic acids is 2. The van der Waals surface area contributed by atoms with Gasteiger partial charge in [-0.05, 0) is 29.7 Å². The van der Waals surface area contributed by atoms with Crippen molar-refractivity contribution in [3.8, 4) is 0 Å². The molecule has 0 aliphatic carbocycles. The molecule has 0 N–H and O–H groups in total. The molecule has 3 rings (SSSR count). The molecule has 1 aliphatic rings. The van der Waals surface area contributed by atoms with Crippen LogP contribution in [-0.2, 0) is 9.59 Å². The van der Waals surface area contributed by atoms with E-state index < -0.39 is 0 Å². The predicted molar refractivity (Wildman–Crippen MR) is 112 cm³/mol. The summed E-state index contributed by atoms with van der Waals surface area (Å²) in [6, 6.07) is 13.7. The molecule has 2 aromatic rings. The molecule has 2 heterocycles. The SMILES string of the molecule is CC(=O)N(CC(=O)N1CCN(c2ccccn2)CC1)c1ccccc1C(C)C. The highest BCUT2D eigenvalue weighted by Crippen LogP contribution is 2.27. The van der Waals surface area contributed by atoms with Crippen molar-refractivity contribution in [2.24, 2.45) is 0 Å². The first kappa shape index (κ1) is 19.9. The maximum Gasteiger partial charge on any atom is 0.242 e. The Labute approximate surface area is 166 Å². The van der Waals surface area contributed by atoms with Gasteiger partial charge in [-0.25, -0.2) is 4.98 Å². The van der Waals surface area contributed by atoms with Crippen LogP contribution in [0.4, 0.5) is 11.5 Å². The van der Waals surface area contributed by atoms with Gasteiger partial charge in [-0.2, -0.15) is 0 Å². The minimum Gasteiger partial charge on any atom is -0.353 e. The van der Waals surface area contributed by atoms with E-state index >= 15 is 0 Å². The second kappa shape index (κ2) is 8.87. The quantitative estimate of drug-likeness (QED) is 0.800. The molecule has 0 radical (unpaired) electrons. The number of benzene rings is 1. The van der Waals surface area contributed by atoms with Crippen molar-refractivity contribution in [1.29, 1.82) is 0 Å². The lowest BCUT2D eigenvalue weighted by molar-refractivity contribution is -0.131. The number of nitrogens with zero attached hydrogens (tertiary/aromatic N) is 4. The van der Waals surface area contributed by atoms with Crippen LogP contribution in [0.15, 0.2) is 48.7 Å². The summed E-state index contributed by atoms with van der Waals surface area (Å²) in [6.45, 7) is 8.52. The number of amides is 2. The molecule has 0 spiro atoms. The van der Waals surface area contributed by atoms with Crippen LogP contribution in [0.3, 0.4) is 0 Å². The number of pyridine rings is 1. The monoisotopic (exact) mass is 380 g/mol. The molecule has 6 nitrogen and oxygen atoms in total. The van der Waals surface area contributed by atoms with Gasteiger partial charge in [0.2, 0.25) is 11.8 Å². The Morgan fingerprint density at radius 2 is 1.71 bits per heavy atom. The third-order valence-corrected chi connectivity index (χ3v) is 5.13. The van der Waals surface area contributed by atoms with E-state index in [0.29, 0.717) is 13.1 Å². The summed E-state index contributed by atoms with van der Waals surface area (Å²) in [4.78, 5) is 35.2. The van der Waals surface area contributed by atoms with Crippen LogP contribution in [0.5, 0.6) is 0 Å². The molecule has 1 aliphatic heterocycles. The van der Waals surface area contributed by atoms with Crippen LogP contribution in [-0.4, -0.2) is 54.4 Å². The number of rotatable bonds is 5. The number of piperazine rings is 1. The summed E-state index contributed by atoms with van der Waals surface area (Å²) >= 11 is 0. The van der Waals surface area contributed by atoms with Gasteiger partial charge in [0, 0.05) is 45.0 Å². The van der Waals surface area contributed by atoms with Crippen LogP contribution in [0.2, 0.25) is 0 Å². The predicted octanol–water partition coefficient (Wildman–Crippen LogP) is 2.91. The van der Waals surface area contributed by atoms with Crippen molar-refractivity contribution in [1.82, 2.24) is 9.88 Å². The van der Waals surface area contributed by atoms with Crippen molar-refractivity contribution in [3.05, 3.63) is 54.2 Å². The topological polar surface area (TPSA) is 56.8 Å². The van der Waals surface area contributed by atoms with Crippen LogP contribution >= 0.6 is 0 Å². The van der Waals surface area contributed by atoms with E-state index in [1.54, 1.807) is 11.1 Å². The smallest absolute Gasteiger partial charge is 0.242 e. The van der Waals surface area contributed by atoms with Gasteiger partial charge in [0.15, 0.2) is 0 Å². The largest absolute Gasteiger partial charge is 0.353 e. The number of anilines is 2. The maximum atomic E-state index is 12.9. The summed E-state index contributed by atoms with van der Waals surface area (Å²) in [7, 11) is 0. The van der Waals surface area contributed by atoms with Crippen LogP contribution in [0.25, 0.3) is 0 Å². The summed E-state index contributed by atoms with van der Waals surface area (Å²) in [5.74, 6) is 1.07. The van der Waals surface area contributed by atoms with Crippen molar-refractivity contribution in [2.75, 3.05) is 42.5 Å². The summed E-state index contributed by atoms with van der Waals surface area (Å²) in [5.41, 5.74) is 1.90. The van der Waals surface area contributed by atoms with E-state index in [0.717, 1.165) is 30.2 Å². The van der Waals surface area contributed by atoms with Crippen LogP contribution < -0.4 is 9.80 Å². The van der Waals surface area contributed by atoms with Crippen LogP contribution in [0.1, 0.15) is 32.3 Å². The lowest BCUT2D eigenvalue weighted by atomic mass is 10.0. The first-order valence-electron chi connectivity index (χ1n) is 9.78. The van der Waals surface area contributed by atoms with Gasteiger partial charge in [-0.1, -0.05) is 38.1 Å². The van der Waals surface area contributed by atoms with E-state index in [4.69, 9.17) is 0 Å². The Bertz CT molecular complexity index is 814. The molecule has 28 heavy (non-hydrogen) atoms. The second-order valence-corrected chi connectivity index (χ2v) is 7.37. The Hall–Kier alpha value is -2.89. The average molecular weight is 380 g/mol. The van der Waals surface area contributed by atoms with E-state index in [1.807, 2.05) is 47.4 Å². The highest BCUT2D eigenvalue weighted by atomic mass is 16.2. The highest BCUT2D eigenvalue weighted by molar-refractivity contribution is 5.98. The Morgan fingerprint density at radius 3 is 2.32 bits per heavy atom. The van der Waals surface area contributed by atoms with E-state index in [9.17, 15) is 9.59 Å². The Kier molecular flexibility index (Phi) is 6.29. The van der Waals surface area contributed by atoms with Crippen molar-refractivity contribution >= 4 is 23.3 Å². The summed E-state index contributed by atoms with van der Waals surface area (Å²) in [5, 5.41) is 0. The molecule has 1 aromatic carbocycles. The van der Waals surface area contributed by atoms with Crippen molar-refractivity contribution in [2.45, 2.75) is 26.7 Å². The number of carbonyl (C=O) groups is 2. The minimum absolute atomic E-state index is 0.0190. The first-order valence-corrected chi connectivity index (χ1v) is 9.78. The number of hydrogen-bond donors (Lipinski definition) is 0. The fourth-order valence-electron chi connectivity index (χ4n) is 3.55. The molecule has 1 aromatic heterocycles. The molecular weight excluding hydrogens is 352 g/mol. The second-order valence-electron chi connectivity index (χ2n) is 7.37. The molecule has 148 valence electrons. The normalized spacial score (nSPS) is 14.3. The molecule has 0 saturated carbocycles. The fraction of sp³-hybridized carbons (Fsp3) is 0.409. The van der Waals surface area contributed by atoms with Crippen molar-refractivity contribution in [3.63, 3.8) is 0 Å². The number of hydrogen-bond acceptors (Lipinski definition) is 4. The maximum absolute atomic E-state index is 12.9. The molecule has 1 fully saturated rings. The van der Waals surface area contributed by atoms with Gasteiger partial charge < -0.3 is 14.7 Å². The standard InChI is InChI=1S/C22H28N4O2/c1-17(2)19-8-4-5-9-20(19)26(18(3)27)16-22(28)25-14-12-24(13-15-25)21-10-6-7-11-23-21/h4-11,17H,12-16H2,1-3H3. The van der Waals surface area contributed by atoms with Gasteiger partial charge in [0.25, 0.3) is 0 Å². The lowest BCUT2D eigenvalue weighted by Crippen LogP contribution is -2.52. The molecule has 2 amide bonds. The summed E-state index contributed by atoms with van der Waals surface area (Å²) in [6.07, 6.45) is 1.78. The molecule has 0 bridgehead atoms. The van der Waals surface area contributed by atoms with E-state index in [2.05, 4.69) is 23.7 Å². The zero-order valence-corrected chi connectivity index (χ0v) is 16.8.